The quantitative estimate of drug-likeness (QED) is 0.656. The van der Waals surface area contributed by atoms with Crippen LogP contribution in [0.3, 0.4) is 0 Å². The molecule has 1 aromatic carbocycles. The zero-order chi connectivity index (χ0) is 8.10. The van der Waals surface area contributed by atoms with Gasteiger partial charge < -0.3 is 10.2 Å². The van der Waals surface area contributed by atoms with Gasteiger partial charge in [-0.1, -0.05) is 30.3 Å². The van der Waals surface area contributed by atoms with Gasteiger partial charge in [0.25, 0.3) is 0 Å². The van der Waals surface area contributed by atoms with Gasteiger partial charge in [-0.25, -0.2) is 0 Å². The molecule has 0 saturated carbocycles. The van der Waals surface area contributed by atoms with E-state index in [0.29, 0.717) is 6.42 Å². The number of benzene rings is 1. The van der Waals surface area contributed by atoms with Gasteiger partial charge in [-0.3, -0.25) is 0 Å². The maximum atomic E-state index is 9.36. The average Bonchev–Trinajstić information content (AvgIpc) is 2.07. The van der Waals surface area contributed by atoms with Crippen LogP contribution in [-0.2, 0) is 0 Å². The summed E-state index contributed by atoms with van der Waals surface area (Å²) in [5.74, 6) is 0. The molecule has 0 amide bonds. The second-order valence-electron chi connectivity index (χ2n) is 2.44. The van der Waals surface area contributed by atoms with Gasteiger partial charge in [-0.15, -0.1) is 0 Å². The Bertz CT molecular complexity index is 201. The molecule has 0 heterocycles. The number of hydrogen-bond donors (Lipinski definition) is 2. The van der Waals surface area contributed by atoms with Crippen molar-refractivity contribution in [3.05, 3.63) is 35.9 Å². The summed E-state index contributed by atoms with van der Waals surface area (Å²) in [5, 5.41) is 17.9. The van der Waals surface area contributed by atoms with E-state index in [1.54, 1.807) is 0 Å². The van der Waals surface area contributed by atoms with Crippen LogP contribution < -0.4 is 0 Å². The van der Waals surface area contributed by atoms with E-state index in [4.69, 9.17) is 5.11 Å². The molecule has 3 heteroatoms. The summed E-state index contributed by atoms with van der Waals surface area (Å²) in [5.41, 5.74) is 0.863. The Balaban J connectivity index is 0.00000121. The molecule has 1 aromatic rings. The first-order chi connectivity index (χ1) is 5.34. The van der Waals surface area contributed by atoms with E-state index in [1.165, 1.54) is 0 Å². The van der Waals surface area contributed by atoms with Gasteiger partial charge in [0.15, 0.2) is 0 Å². The fourth-order valence-corrected chi connectivity index (χ4v) is 0.964. The summed E-state index contributed by atoms with van der Waals surface area (Å²) in [6, 6.07) is 9.33. The Hall–Kier alpha value is 0.140. The van der Waals surface area contributed by atoms with E-state index in [9.17, 15) is 5.11 Å². The van der Waals surface area contributed by atoms with Crippen molar-refractivity contribution in [3.8, 4) is 0 Å². The summed E-state index contributed by atoms with van der Waals surface area (Å²) in [6.45, 7) is 0.0239. The summed E-state index contributed by atoms with van der Waals surface area (Å²) >= 11 is 0. The number of aliphatic hydroxyl groups is 2. The summed E-state index contributed by atoms with van der Waals surface area (Å²) in [7, 11) is 0. The molecule has 0 aromatic heterocycles. The van der Waals surface area contributed by atoms with Crippen molar-refractivity contribution in [2.75, 3.05) is 6.61 Å². The molecule has 0 aliphatic carbocycles. The molecule has 1 unspecified atom stereocenters. The molecule has 2 N–H and O–H groups in total. The van der Waals surface area contributed by atoms with Crippen LogP contribution in [0.2, 0.25) is 0 Å². The molecule has 1 atom stereocenters. The van der Waals surface area contributed by atoms with Crippen LogP contribution in [0.15, 0.2) is 30.3 Å². The molecule has 0 radical (unpaired) electrons. The van der Waals surface area contributed by atoms with Gasteiger partial charge in [-0.05, 0) is 5.56 Å². The zero-order valence-electron chi connectivity index (χ0n) is 6.27. The van der Waals surface area contributed by atoms with E-state index < -0.39 is 6.10 Å². The topological polar surface area (TPSA) is 40.5 Å². The third-order valence-electron chi connectivity index (χ3n) is 1.59. The number of rotatable bonds is 3. The second-order valence-corrected chi connectivity index (χ2v) is 2.44. The first-order valence-electron chi connectivity index (χ1n) is 3.68. The van der Waals surface area contributed by atoms with E-state index in [0.717, 1.165) is 5.56 Å². The van der Waals surface area contributed by atoms with Crippen molar-refractivity contribution in [3.63, 3.8) is 0 Å². The third-order valence-corrected chi connectivity index (χ3v) is 1.59. The predicted molar refractivity (Wildman–Crippen MR) is 50.3 cm³/mol. The van der Waals surface area contributed by atoms with Crippen LogP contribution in [0, 0.1) is 0 Å². The van der Waals surface area contributed by atoms with E-state index in [1.807, 2.05) is 30.3 Å². The van der Waals surface area contributed by atoms with Gasteiger partial charge >= 0.3 is 29.6 Å². The molecule has 0 spiro atoms. The van der Waals surface area contributed by atoms with E-state index in [-0.39, 0.29) is 36.2 Å². The van der Waals surface area contributed by atoms with Crippen molar-refractivity contribution in [2.45, 2.75) is 12.5 Å². The van der Waals surface area contributed by atoms with E-state index >= 15 is 0 Å². The minimum absolute atomic E-state index is 0. The first kappa shape index (κ1) is 12.1. The minimum atomic E-state index is -0.527. The van der Waals surface area contributed by atoms with Crippen LogP contribution in [0.5, 0.6) is 0 Å². The predicted octanol–water partition coefficient (Wildman–Crippen LogP) is 0.454. The van der Waals surface area contributed by atoms with Crippen LogP contribution in [0.4, 0.5) is 0 Å². The van der Waals surface area contributed by atoms with Crippen LogP contribution in [-0.4, -0.2) is 46.4 Å². The van der Waals surface area contributed by atoms with Crippen LogP contribution in [0.1, 0.15) is 18.1 Å². The van der Waals surface area contributed by atoms with Gasteiger partial charge in [0, 0.05) is 13.0 Å². The fourth-order valence-electron chi connectivity index (χ4n) is 0.964. The maximum absolute atomic E-state index is 9.36. The Kier molecular flexibility index (Phi) is 6.71. The zero-order valence-corrected chi connectivity index (χ0v) is 6.27. The Morgan fingerprint density at radius 1 is 1.17 bits per heavy atom. The molecule has 2 nitrogen and oxygen atoms in total. The molecule has 12 heavy (non-hydrogen) atoms. The Morgan fingerprint density at radius 2 is 1.75 bits per heavy atom. The first-order valence-corrected chi connectivity index (χ1v) is 3.68. The van der Waals surface area contributed by atoms with Crippen molar-refractivity contribution >= 4 is 29.6 Å². The number of hydrogen-bond acceptors (Lipinski definition) is 2. The molecule has 0 aliphatic rings. The Labute approximate surface area is 94.5 Å². The molecule has 0 bridgehead atoms. The van der Waals surface area contributed by atoms with Crippen molar-refractivity contribution in [1.29, 1.82) is 0 Å². The fraction of sp³-hybridized carbons (Fsp3) is 0.333. The number of aliphatic hydroxyl groups excluding tert-OH is 2. The van der Waals surface area contributed by atoms with Gasteiger partial charge in [0.2, 0.25) is 0 Å². The monoisotopic (exact) mass is 176 g/mol. The van der Waals surface area contributed by atoms with Gasteiger partial charge in [0.05, 0.1) is 6.10 Å². The molecule has 62 valence electrons. The Morgan fingerprint density at radius 3 is 2.25 bits per heavy atom. The standard InChI is InChI=1S/C9H12O2.Na.H/c10-7-6-9(11)8-4-2-1-3-5-8;;/h1-5,9-11H,6-7H2;;. The summed E-state index contributed by atoms with van der Waals surface area (Å²) in [4.78, 5) is 0. The van der Waals surface area contributed by atoms with Gasteiger partial charge in [0.1, 0.15) is 0 Å². The third kappa shape index (κ3) is 3.70. The van der Waals surface area contributed by atoms with Crippen molar-refractivity contribution in [1.82, 2.24) is 0 Å². The molecule has 0 aliphatic heterocycles. The average molecular weight is 176 g/mol. The second kappa shape index (κ2) is 6.63. The van der Waals surface area contributed by atoms with Crippen molar-refractivity contribution < 1.29 is 10.2 Å². The van der Waals surface area contributed by atoms with Crippen molar-refractivity contribution in [2.24, 2.45) is 0 Å². The van der Waals surface area contributed by atoms with Gasteiger partial charge in [-0.2, -0.15) is 0 Å². The molecular weight excluding hydrogens is 163 g/mol. The van der Waals surface area contributed by atoms with Crippen LogP contribution in [0.25, 0.3) is 0 Å². The molecule has 0 fully saturated rings. The normalized spacial score (nSPS) is 11.8. The molecule has 0 saturated heterocycles. The summed E-state index contributed by atoms with van der Waals surface area (Å²) < 4.78 is 0. The van der Waals surface area contributed by atoms with E-state index in [2.05, 4.69) is 0 Å². The molecule has 1 rings (SSSR count). The SMILES string of the molecule is OCCC(O)c1ccccc1.[NaH]. The summed E-state index contributed by atoms with van der Waals surface area (Å²) in [6.07, 6.45) is -0.120. The van der Waals surface area contributed by atoms with Crippen LogP contribution >= 0.6 is 0 Å². The molecular formula is C9H13NaO2.